The molecule has 1 heterocycles. The third kappa shape index (κ3) is 1.61. The SMILES string of the molecule is Cc1ccsc1C1(CN)CCCCC1. The maximum atomic E-state index is 6.00. The lowest BCUT2D eigenvalue weighted by molar-refractivity contribution is 0.305. The number of thiophene rings is 1. The van der Waals surface area contributed by atoms with Crippen LogP contribution in [-0.4, -0.2) is 6.54 Å². The molecule has 0 amide bonds. The molecule has 1 nitrogen and oxygen atoms in total. The van der Waals surface area contributed by atoms with Crippen LogP contribution >= 0.6 is 11.3 Å². The van der Waals surface area contributed by atoms with Crippen molar-refractivity contribution in [1.82, 2.24) is 0 Å². The first-order valence-electron chi connectivity index (χ1n) is 5.53. The monoisotopic (exact) mass is 209 g/mol. The minimum atomic E-state index is 0.330. The largest absolute Gasteiger partial charge is 0.330 e. The molecule has 0 saturated heterocycles. The molecule has 0 aromatic carbocycles. The minimum absolute atomic E-state index is 0.330. The quantitative estimate of drug-likeness (QED) is 0.795. The summed E-state index contributed by atoms with van der Waals surface area (Å²) >= 11 is 1.90. The fourth-order valence-electron chi connectivity index (χ4n) is 2.67. The van der Waals surface area contributed by atoms with E-state index in [2.05, 4.69) is 18.4 Å². The van der Waals surface area contributed by atoms with Gasteiger partial charge in [-0.2, -0.15) is 0 Å². The number of rotatable bonds is 2. The van der Waals surface area contributed by atoms with E-state index < -0.39 is 0 Å². The predicted molar refractivity (Wildman–Crippen MR) is 62.9 cm³/mol. The molecule has 78 valence electrons. The molecule has 2 heteroatoms. The van der Waals surface area contributed by atoms with E-state index in [1.165, 1.54) is 37.7 Å². The van der Waals surface area contributed by atoms with Crippen LogP contribution < -0.4 is 5.73 Å². The average Bonchev–Trinajstić information content (AvgIpc) is 2.66. The van der Waals surface area contributed by atoms with Crippen LogP contribution in [0.1, 0.15) is 42.5 Å². The normalized spacial score (nSPS) is 21.0. The zero-order valence-electron chi connectivity index (χ0n) is 8.88. The van der Waals surface area contributed by atoms with Gasteiger partial charge in [0.1, 0.15) is 0 Å². The molecule has 0 spiro atoms. The molecule has 1 aliphatic rings. The lowest BCUT2D eigenvalue weighted by Crippen LogP contribution is -2.36. The van der Waals surface area contributed by atoms with Gasteiger partial charge >= 0.3 is 0 Å². The van der Waals surface area contributed by atoms with Crippen molar-refractivity contribution in [3.63, 3.8) is 0 Å². The standard InChI is InChI=1S/C12H19NS/c1-10-5-8-14-11(10)12(9-13)6-3-2-4-7-12/h5,8H,2-4,6-7,9,13H2,1H3. The van der Waals surface area contributed by atoms with Gasteiger partial charge in [-0.3, -0.25) is 0 Å². The number of hydrogen-bond acceptors (Lipinski definition) is 2. The first-order valence-corrected chi connectivity index (χ1v) is 6.41. The van der Waals surface area contributed by atoms with E-state index >= 15 is 0 Å². The van der Waals surface area contributed by atoms with Crippen molar-refractivity contribution in [3.05, 3.63) is 21.9 Å². The lowest BCUT2D eigenvalue weighted by atomic mass is 9.72. The molecule has 1 aromatic heterocycles. The molecular formula is C12H19NS. The van der Waals surface area contributed by atoms with Crippen LogP contribution in [0.5, 0.6) is 0 Å². The molecular weight excluding hydrogens is 190 g/mol. The summed E-state index contributed by atoms with van der Waals surface area (Å²) in [5.74, 6) is 0. The molecule has 1 saturated carbocycles. The highest BCUT2D eigenvalue weighted by Crippen LogP contribution is 2.42. The molecule has 0 atom stereocenters. The zero-order valence-corrected chi connectivity index (χ0v) is 9.70. The van der Waals surface area contributed by atoms with Gasteiger partial charge in [-0.05, 0) is 36.8 Å². The average molecular weight is 209 g/mol. The van der Waals surface area contributed by atoms with Crippen molar-refractivity contribution in [2.75, 3.05) is 6.54 Å². The maximum Gasteiger partial charge on any atom is 0.0172 e. The van der Waals surface area contributed by atoms with Crippen molar-refractivity contribution >= 4 is 11.3 Å². The summed E-state index contributed by atoms with van der Waals surface area (Å²) in [6.07, 6.45) is 6.70. The summed E-state index contributed by atoms with van der Waals surface area (Å²) in [5.41, 5.74) is 7.78. The minimum Gasteiger partial charge on any atom is -0.330 e. The van der Waals surface area contributed by atoms with E-state index in [9.17, 15) is 0 Å². The van der Waals surface area contributed by atoms with Gasteiger partial charge in [0.2, 0.25) is 0 Å². The Hall–Kier alpha value is -0.340. The van der Waals surface area contributed by atoms with E-state index in [1.807, 2.05) is 11.3 Å². The summed E-state index contributed by atoms with van der Waals surface area (Å²) in [6, 6.07) is 2.23. The highest BCUT2D eigenvalue weighted by atomic mass is 32.1. The summed E-state index contributed by atoms with van der Waals surface area (Å²) < 4.78 is 0. The zero-order chi connectivity index (χ0) is 10.0. The van der Waals surface area contributed by atoms with Crippen molar-refractivity contribution in [1.29, 1.82) is 0 Å². The highest BCUT2D eigenvalue weighted by Gasteiger charge is 2.34. The van der Waals surface area contributed by atoms with Gasteiger partial charge < -0.3 is 5.73 Å². The molecule has 2 N–H and O–H groups in total. The van der Waals surface area contributed by atoms with E-state index in [0.717, 1.165) is 6.54 Å². The van der Waals surface area contributed by atoms with Crippen LogP contribution in [0.2, 0.25) is 0 Å². The Kier molecular flexibility index (Phi) is 2.93. The molecule has 2 rings (SSSR count). The van der Waals surface area contributed by atoms with Gasteiger partial charge in [0, 0.05) is 16.8 Å². The van der Waals surface area contributed by atoms with Crippen LogP contribution in [0.4, 0.5) is 0 Å². The van der Waals surface area contributed by atoms with Gasteiger partial charge in [-0.1, -0.05) is 19.3 Å². The Balaban J connectivity index is 2.31. The van der Waals surface area contributed by atoms with E-state index in [4.69, 9.17) is 5.73 Å². The third-order valence-corrected chi connectivity index (χ3v) is 4.81. The van der Waals surface area contributed by atoms with E-state index in [0.29, 0.717) is 5.41 Å². The number of aryl methyl sites for hydroxylation is 1. The van der Waals surface area contributed by atoms with Gasteiger partial charge in [0.15, 0.2) is 0 Å². The van der Waals surface area contributed by atoms with Crippen LogP contribution in [0.25, 0.3) is 0 Å². The molecule has 0 radical (unpaired) electrons. The molecule has 0 bridgehead atoms. The number of hydrogen-bond donors (Lipinski definition) is 1. The Morgan fingerprint density at radius 2 is 2.07 bits per heavy atom. The van der Waals surface area contributed by atoms with Gasteiger partial charge in [0.05, 0.1) is 0 Å². The van der Waals surface area contributed by atoms with Crippen molar-refractivity contribution in [2.45, 2.75) is 44.4 Å². The Bertz CT molecular complexity index is 297. The lowest BCUT2D eigenvalue weighted by Gasteiger charge is -2.36. The van der Waals surface area contributed by atoms with E-state index in [-0.39, 0.29) is 0 Å². The number of nitrogens with two attached hydrogens (primary N) is 1. The summed E-state index contributed by atoms with van der Waals surface area (Å²) in [7, 11) is 0. The van der Waals surface area contributed by atoms with Gasteiger partial charge in [0.25, 0.3) is 0 Å². The van der Waals surface area contributed by atoms with Crippen LogP contribution in [0, 0.1) is 6.92 Å². The molecule has 1 aromatic rings. The van der Waals surface area contributed by atoms with Crippen LogP contribution in [0.15, 0.2) is 11.4 Å². The topological polar surface area (TPSA) is 26.0 Å². The smallest absolute Gasteiger partial charge is 0.0172 e. The Labute approximate surface area is 90.3 Å². The summed E-state index contributed by atoms with van der Waals surface area (Å²) in [6.45, 7) is 3.05. The fraction of sp³-hybridized carbons (Fsp3) is 0.667. The molecule has 1 aliphatic carbocycles. The van der Waals surface area contributed by atoms with E-state index in [1.54, 1.807) is 4.88 Å². The molecule has 0 unspecified atom stereocenters. The van der Waals surface area contributed by atoms with Crippen LogP contribution in [-0.2, 0) is 5.41 Å². The predicted octanol–water partition coefficient (Wildman–Crippen LogP) is 3.22. The second-order valence-electron chi connectivity index (χ2n) is 4.48. The van der Waals surface area contributed by atoms with Gasteiger partial charge in [-0.25, -0.2) is 0 Å². The highest BCUT2D eigenvalue weighted by molar-refractivity contribution is 7.10. The van der Waals surface area contributed by atoms with Crippen LogP contribution in [0.3, 0.4) is 0 Å². The second kappa shape index (κ2) is 4.03. The first kappa shape index (κ1) is 10.2. The van der Waals surface area contributed by atoms with Gasteiger partial charge in [-0.15, -0.1) is 11.3 Å². The third-order valence-electron chi connectivity index (χ3n) is 3.55. The molecule has 0 aliphatic heterocycles. The summed E-state index contributed by atoms with van der Waals surface area (Å²) in [5, 5.41) is 2.21. The molecule has 14 heavy (non-hydrogen) atoms. The summed E-state index contributed by atoms with van der Waals surface area (Å²) in [4.78, 5) is 1.56. The fourth-order valence-corrected chi connectivity index (χ4v) is 3.87. The maximum absolute atomic E-state index is 6.00. The van der Waals surface area contributed by atoms with Crippen molar-refractivity contribution in [2.24, 2.45) is 5.73 Å². The Morgan fingerprint density at radius 1 is 1.36 bits per heavy atom. The Morgan fingerprint density at radius 3 is 2.57 bits per heavy atom. The second-order valence-corrected chi connectivity index (χ2v) is 5.39. The van der Waals surface area contributed by atoms with Crippen molar-refractivity contribution in [3.8, 4) is 0 Å². The molecule has 1 fully saturated rings. The first-order chi connectivity index (χ1) is 6.78. The van der Waals surface area contributed by atoms with Crippen molar-refractivity contribution < 1.29 is 0 Å².